The Morgan fingerprint density at radius 2 is 1.57 bits per heavy atom. The van der Waals surface area contributed by atoms with Crippen LogP contribution in [0.4, 0.5) is 4.79 Å². The maximum absolute atomic E-state index is 13.4. The maximum atomic E-state index is 13.4. The summed E-state index contributed by atoms with van der Waals surface area (Å²) in [6.45, 7) is 8.02. The molecule has 1 rings (SSSR count). The van der Waals surface area contributed by atoms with Gasteiger partial charge in [0.1, 0.15) is 25.3 Å². The molecular weight excluding hydrogens is 617 g/mol. The van der Waals surface area contributed by atoms with Gasteiger partial charge in [-0.25, -0.2) is 9.59 Å². The Morgan fingerprint density at radius 3 is 2.12 bits per heavy atom. The smallest absolute Gasteiger partial charge is 0.407 e. The fraction of sp³-hybridized carbons (Fsp3) is 0.519. The third kappa shape index (κ3) is 15.2. The molecule has 0 radical (unpaired) electrons. The van der Waals surface area contributed by atoms with Crippen molar-refractivity contribution in [1.82, 2.24) is 16.0 Å². The average molecular weight is 653 g/mol. The van der Waals surface area contributed by atoms with E-state index in [0.29, 0.717) is 0 Å². The summed E-state index contributed by atoms with van der Waals surface area (Å²) >= 11 is 16.6. The average Bonchev–Trinajstić information content (AvgIpc) is 2.90. The van der Waals surface area contributed by atoms with Crippen LogP contribution in [0.3, 0.4) is 0 Å². The van der Waals surface area contributed by atoms with Crippen LogP contribution in [0.2, 0.25) is 0 Å². The Hall–Kier alpha value is -3.06. The Labute approximate surface area is 259 Å². The summed E-state index contributed by atoms with van der Waals surface area (Å²) in [7, 11) is 0. The van der Waals surface area contributed by atoms with Gasteiger partial charge in [0.25, 0.3) is 0 Å². The van der Waals surface area contributed by atoms with Crippen molar-refractivity contribution in [3.8, 4) is 0 Å². The van der Waals surface area contributed by atoms with Gasteiger partial charge in [-0.2, -0.15) is 0 Å². The second-order valence-corrected chi connectivity index (χ2v) is 12.1. The number of carboxylic acid groups (broad SMARTS) is 1. The quantitative estimate of drug-likeness (QED) is 0.112. The molecule has 12 nitrogen and oxygen atoms in total. The maximum Gasteiger partial charge on any atom is 0.407 e. The lowest BCUT2D eigenvalue weighted by Gasteiger charge is -2.28. The molecule has 4 N–H and O–H groups in total. The normalized spacial score (nSPS) is 14.1. The number of hydrogen-bond donors (Lipinski definition) is 4. The second kappa shape index (κ2) is 18.5. The summed E-state index contributed by atoms with van der Waals surface area (Å²) in [5, 5.41) is 16.4. The first-order chi connectivity index (χ1) is 19.6. The molecule has 42 heavy (non-hydrogen) atoms. The summed E-state index contributed by atoms with van der Waals surface area (Å²) in [5.41, 5.74) is 0.836. The molecule has 0 unspecified atom stereocenters. The largest absolute Gasteiger partial charge is 0.481 e. The van der Waals surface area contributed by atoms with Gasteiger partial charge in [0.05, 0.1) is 19.1 Å². The Bertz CT molecular complexity index is 1070. The summed E-state index contributed by atoms with van der Waals surface area (Å²) in [4.78, 5) is 62.7. The van der Waals surface area contributed by atoms with E-state index in [1.807, 2.05) is 30.3 Å². The third-order valence-corrected chi connectivity index (χ3v) is 5.74. The summed E-state index contributed by atoms with van der Waals surface area (Å²) in [6.07, 6.45) is -1.45. The lowest BCUT2D eigenvalue weighted by atomic mass is 10.0. The van der Waals surface area contributed by atoms with Gasteiger partial charge < -0.3 is 35.3 Å². The highest BCUT2D eigenvalue weighted by Crippen LogP contribution is 2.25. The number of amides is 3. The minimum absolute atomic E-state index is 0.1000. The predicted octanol–water partition coefficient (Wildman–Crippen LogP) is 3.28. The zero-order chi connectivity index (χ0) is 31.9. The van der Waals surface area contributed by atoms with Crippen molar-refractivity contribution in [3.63, 3.8) is 0 Å². The summed E-state index contributed by atoms with van der Waals surface area (Å²) in [5.74, 6) is -4.10. The minimum atomic E-state index is -1.94. The van der Waals surface area contributed by atoms with Crippen LogP contribution in [0.5, 0.6) is 0 Å². The van der Waals surface area contributed by atoms with Gasteiger partial charge in [0, 0.05) is 0 Å². The van der Waals surface area contributed by atoms with Crippen molar-refractivity contribution in [2.75, 3.05) is 13.2 Å². The van der Waals surface area contributed by atoms with Crippen molar-refractivity contribution in [2.24, 2.45) is 5.92 Å². The number of nitrogens with one attached hydrogen (secondary N) is 3. The number of carbonyl (C=O) groups is 5. The number of rotatable bonds is 17. The van der Waals surface area contributed by atoms with Crippen LogP contribution in [0.25, 0.3) is 0 Å². The van der Waals surface area contributed by atoms with E-state index in [9.17, 15) is 29.1 Å². The molecule has 0 saturated heterocycles. The van der Waals surface area contributed by atoms with Gasteiger partial charge in [-0.05, 0) is 24.8 Å². The predicted molar refractivity (Wildman–Crippen MR) is 156 cm³/mol. The van der Waals surface area contributed by atoms with Crippen LogP contribution in [-0.2, 0) is 40.0 Å². The number of carboxylic acids is 1. The zero-order valence-corrected chi connectivity index (χ0v) is 25.7. The number of aliphatic carboxylic acids is 1. The molecule has 0 aliphatic heterocycles. The van der Waals surface area contributed by atoms with Crippen LogP contribution in [0, 0.1) is 5.92 Å². The van der Waals surface area contributed by atoms with Crippen LogP contribution in [0.1, 0.15) is 39.2 Å². The highest BCUT2D eigenvalue weighted by molar-refractivity contribution is 6.67. The van der Waals surface area contributed by atoms with Crippen molar-refractivity contribution < 1.29 is 43.3 Å². The first-order valence-corrected chi connectivity index (χ1v) is 14.0. The Kier molecular flexibility index (Phi) is 16.3. The first kappa shape index (κ1) is 37.0. The molecule has 0 aliphatic rings. The van der Waals surface area contributed by atoms with Crippen molar-refractivity contribution in [3.05, 3.63) is 48.6 Å². The molecule has 0 bridgehead atoms. The molecule has 3 amide bonds. The standard InChI is InChI=1S/C27H36Cl3N3O9/c1-5-11-40-25(38)22(17(4)41-14-18-9-7-6-8-10-18)33-24(37)19(12-16(2)3)31-23(36)20(13-21(34)35)32-26(39)42-15-27(28,29)30/h5-10,16-17,19-20,22H,1,11-15H2,2-4H3,(H,31,36)(H,32,39)(H,33,37)(H,34,35)/t17-,19+,20+,22+/m1/s1. The fourth-order valence-electron chi connectivity index (χ4n) is 3.44. The Balaban J connectivity index is 3.08. The SMILES string of the molecule is C=CCOC(=O)[C@@H](NC(=O)[C@H](CC(C)C)NC(=O)[C@H](CC(=O)O)NC(=O)OCC(Cl)(Cl)Cl)[C@@H](C)OCc1ccccc1. The lowest BCUT2D eigenvalue weighted by Crippen LogP contribution is -2.58. The molecular formula is C27H36Cl3N3O9. The number of esters is 1. The lowest BCUT2D eigenvalue weighted by molar-refractivity contribution is -0.152. The molecule has 15 heteroatoms. The number of ether oxygens (including phenoxy) is 3. The van der Waals surface area contributed by atoms with Gasteiger partial charge in [-0.3, -0.25) is 14.4 Å². The van der Waals surface area contributed by atoms with Gasteiger partial charge in [-0.1, -0.05) is 91.6 Å². The van der Waals surface area contributed by atoms with E-state index in [1.54, 1.807) is 20.8 Å². The molecule has 234 valence electrons. The van der Waals surface area contributed by atoms with Gasteiger partial charge in [0.2, 0.25) is 15.6 Å². The van der Waals surface area contributed by atoms with E-state index in [1.165, 1.54) is 6.08 Å². The van der Waals surface area contributed by atoms with Crippen LogP contribution in [0.15, 0.2) is 43.0 Å². The van der Waals surface area contributed by atoms with Gasteiger partial charge in [-0.15, -0.1) is 0 Å². The van der Waals surface area contributed by atoms with Gasteiger partial charge in [0.15, 0.2) is 6.04 Å². The van der Waals surface area contributed by atoms with E-state index < -0.39 is 70.9 Å². The van der Waals surface area contributed by atoms with Crippen LogP contribution < -0.4 is 16.0 Å². The van der Waals surface area contributed by atoms with E-state index in [0.717, 1.165) is 5.56 Å². The van der Waals surface area contributed by atoms with E-state index >= 15 is 0 Å². The summed E-state index contributed by atoms with van der Waals surface area (Å²) in [6, 6.07) is 5.02. The number of halogens is 3. The minimum Gasteiger partial charge on any atom is -0.481 e. The topological polar surface area (TPSA) is 169 Å². The molecule has 1 aromatic rings. The molecule has 0 heterocycles. The number of carbonyl (C=O) groups excluding carboxylic acids is 4. The molecule has 0 saturated carbocycles. The van der Waals surface area contributed by atoms with Crippen LogP contribution >= 0.6 is 34.8 Å². The zero-order valence-electron chi connectivity index (χ0n) is 23.4. The molecule has 0 fully saturated rings. The third-order valence-electron chi connectivity index (χ3n) is 5.41. The molecule has 0 aromatic heterocycles. The Morgan fingerprint density at radius 1 is 0.952 bits per heavy atom. The molecule has 0 aliphatic carbocycles. The fourth-order valence-corrected chi connectivity index (χ4v) is 3.60. The van der Waals surface area contributed by atoms with Crippen LogP contribution in [-0.4, -0.2) is 76.2 Å². The molecule has 4 atom stereocenters. The number of alkyl carbamates (subject to hydrolysis) is 1. The second-order valence-electron chi connectivity index (χ2n) is 9.58. The molecule has 1 aromatic carbocycles. The number of alkyl halides is 3. The monoisotopic (exact) mass is 651 g/mol. The highest BCUT2D eigenvalue weighted by Gasteiger charge is 2.34. The first-order valence-electron chi connectivity index (χ1n) is 12.9. The molecule has 0 spiro atoms. The van der Waals surface area contributed by atoms with E-state index in [-0.39, 0.29) is 25.6 Å². The highest BCUT2D eigenvalue weighted by atomic mass is 35.6. The number of hydrogen-bond acceptors (Lipinski definition) is 8. The van der Waals surface area contributed by atoms with E-state index in [2.05, 4.69) is 22.5 Å². The summed E-state index contributed by atoms with van der Waals surface area (Å²) < 4.78 is 13.7. The van der Waals surface area contributed by atoms with E-state index in [4.69, 9.17) is 49.0 Å². The number of benzene rings is 1. The van der Waals surface area contributed by atoms with Crippen molar-refractivity contribution >= 4 is 64.6 Å². The van der Waals surface area contributed by atoms with Gasteiger partial charge >= 0.3 is 18.0 Å². The van der Waals surface area contributed by atoms with Crippen molar-refractivity contribution in [2.45, 2.75) is 68.2 Å². The van der Waals surface area contributed by atoms with Crippen molar-refractivity contribution in [1.29, 1.82) is 0 Å².